The molecule has 5 heteroatoms. The second-order valence-electron chi connectivity index (χ2n) is 4.55. The van der Waals surface area contributed by atoms with Gasteiger partial charge < -0.3 is 5.73 Å². The number of nitrogens with zero attached hydrogens (tertiary/aromatic N) is 2. The average molecular weight is 324 g/mol. The molecule has 0 amide bonds. The molecule has 0 saturated heterocycles. The molecule has 0 radical (unpaired) electrons. The van der Waals surface area contributed by atoms with E-state index in [1.807, 2.05) is 11.4 Å². The lowest BCUT2D eigenvalue weighted by atomic mass is 10.1. The molecule has 0 fully saturated rings. The summed E-state index contributed by atoms with van der Waals surface area (Å²) in [5.74, 6) is 1.44. The molecule has 0 atom stereocenters. The average Bonchev–Trinajstić information content (AvgIpc) is 2.63. The fourth-order valence-electron chi connectivity index (χ4n) is 2.34. The maximum atomic E-state index is 6.10. The van der Waals surface area contributed by atoms with E-state index in [0.717, 1.165) is 33.7 Å². The van der Waals surface area contributed by atoms with Gasteiger partial charge in [-0.15, -0.1) is 11.3 Å². The molecule has 0 aromatic carbocycles. The van der Waals surface area contributed by atoms with E-state index in [9.17, 15) is 0 Å². The number of anilines is 1. The minimum Gasteiger partial charge on any atom is -0.383 e. The molecule has 94 valence electrons. The van der Waals surface area contributed by atoms with E-state index in [2.05, 4.69) is 20.9 Å². The standard InChI is InChI=1S/C13H14BrN3S/c14-8-6-11(18-7-8)13-16-10-5-3-1-2-4-9(10)12(15)17-13/h6-7H,1-5H2,(H2,15,16,17). The highest BCUT2D eigenvalue weighted by molar-refractivity contribution is 9.10. The molecule has 2 heterocycles. The number of aromatic nitrogens is 2. The summed E-state index contributed by atoms with van der Waals surface area (Å²) in [5.41, 5.74) is 8.42. The predicted octanol–water partition coefficient (Wildman–Crippen LogP) is 3.82. The van der Waals surface area contributed by atoms with Crippen LogP contribution in [0.15, 0.2) is 15.9 Å². The lowest BCUT2D eigenvalue weighted by Crippen LogP contribution is -2.06. The van der Waals surface area contributed by atoms with Gasteiger partial charge in [0.2, 0.25) is 0 Å². The molecule has 18 heavy (non-hydrogen) atoms. The number of nitrogen functional groups attached to an aromatic ring is 1. The van der Waals surface area contributed by atoms with E-state index in [4.69, 9.17) is 10.7 Å². The quantitative estimate of drug-likeness (QED) is 0.811. The van der Waals surface area contributed by atoms with Gasteiger partial charge in [0.1, 0.15) is 5.82 Å². The van der Waals surface area contributed by atoms with Gasteiger partial charge in [-0.25, -0.2) is 9.97 Å². The maximum absolute atomic E-state index is 6.10. The molecule has 2 aromatic heterocycles. The van der Waals surface area contributed by atoms with Crippen LogP contribution in [0.4, 0.5) is 5.82 Å². The van der Waals surface area contributed by atoms with Gasteiger partial charge in [-0.05, 0) is 47.7 Å². The fraction of sp³-hybridized carbons (Fsp3) is 0.385. The van der Waals surface area contributed by atoms with Crippen LogP contribution in [0.1, 0.15) is 30.5 Å². The van der Waals surface area contributed by atoms with Gasteiger partial charge in [-0.3, -0.25) is 0 Å². The van der Waals surface area contributed by atoms with Crippen LogP contribution in [0, 0.1) is 0 Å². The van der Waals surface area contributed by atoms with Crippen molar-refractivity contribution in [3.05, 3.63) is 27.2 Å². The second kappa shape index (κ2) is 4.97. The molecule has 3 nitrogen and oxygen atoms in total. The Balaban J connectivity index is 2.07. The van der Waals surface area contributed by atoms with Gasteiger partial charge in [0.05, 0.1) is 4.88 Å². The molecule has 1 aliphatic rings. The van der Waals surface area contributed by atoms with Crippen molar-refractivity contribution in [2.45, 2.75) is 32.1 Å². The van der Waals surface area contributed by atoms with E-state index in [1.165, 1.54) is 24.8 Å². The van der Waals surface area contributed by atoms with Crippen molar-refractivity contribution < 1.29 is 0 Å². The zero-order chi connectivity index (χ0) is 12.5. The van der Waals surface area contributed by atoms with E-state index in [0.29, 0.717) is 5.82 Å². The highest BCUT2D eigenvalue weighted by Crippen LogP contribution is 2.30. The summed E-state index contributed by atoms with van der Waals surface area (Å²) >= 11 is 5.10. The summed E-state index contributed by atoms with van der Waals surface area (Å²) in [6.45, 7) is 0. The van der Waals surface area contributed by atoms with Crippen molar-refractivity contribution in [2.75, 3.05) is 5.73 Å². The Kier molecular flexibility index (Phi) is 3.35. The summed E-state index contributed by atoms with van der Waals surface area (Å²) in [6.07, 6.45) is 5.72. The Morgan fingerprint density at radius 3 is 2.78 bits per heavy atom. The van der Waals surface area contributed by atoms with Crippen molar-refractivity contribution >= 4 is 33.1 Å². The van der Waals surface area contributed by atoms with Crippen molar-refractivity contribution in [3.63, 3.8) is 0 Å². The van der Waals surface area contributed by atoms with Crippen LogP contribution in [0.5, 0.6) is 0 Å². The smallest absolute Gasteiger partial charge is 0.171 e. The third-order valence-corrected chi connectivity index (χ3v) is 4.94. The topological polar surface area (TPSA) is 51.8 Å². The molecule has 2 N–H and O–H groups in total. The Hall–Kier alpha value is -0.940. The molecular formula is C13H14BrN3S. The number of rotatable bonds is 1. The zero-order valence-corrected chi connectivity index (χ0v) is 12.4. The highest BCUT2D eigenvalue weighted by atomic mass is 79.9. The minimum absolute atomic E-state index is 0.668. The molecule has 0 spiro atoms. The molecule has 1 aliphatic carbocycles. The minimum atomic E-state index is 0.668. The first-order valence-electron chi connectivity index (χ1n) is 6.14. The van der Waals surface area contributed by atoms with Crippen LogP contribution in [0.2, 0.25) is 0 Å². The summed E-state index contributed by atoms with van der Waals surface area (Å²) in [4.78, 5) is 10.3. The fourth-order valence-corrected chi connectivity index (χ4v) is 3.70. The molecule has 3 rings (SSSR count). The summed E-state index contributed by atoms with van der Waals surface area (Å²) in [5, 5.41) is 2.04. The normalized spacial score (nSPS) is 15.2. The van der Waals surface area contributed by atoms with E-state index < -0.39 is 0 Å². The monoisotopic (exact) mass is 323 g/mol. The Morgan fingerprint density at radius 1 is 1.17 bits per heavy atom. The number of thiophene rings is 1. The molecule has 0 saturated carbocycles. The van der Waals surface area contributed by atoms with Gasteiger partial charge in [-0.1, -0.05) is 6.42 Å². The predicted molar refractivity (Wildman–Crippen MR) is 78.7 cm³/mol. The van der Waals surface area contributed by atoms with Crippen LogP contribution < -0.4 is 5.73 Å². The van der Waals surface area contributed by atoms with Crippen molar-refractivity contribution in [2.24, 2.45) is 0 Å². The number of nitrogens with two attached hydrogens (primary N) is 1. The van der Waals surface area contributed by atoms with Gasteiger partial charge in [0.25, 0.3) is 0 Å². The Morgan fingerprint density at radius 2 is 2.00 bits per heavy atom. The number of fused-ring (bicyclic) bond motifs is 1. The largest absolute Gasteiger partial charge is 0.383 e. The molecular weight excluding hydrogens is 310 g/mol. The van der Waals surface area contributed by atoms with Gasteiger partial charge >= 0.3 is 0 Å². The van der Waals surface area contributed by atoms with E-state index in [-0.39, 0.29) is 0 Å². The lowest BCUT2D eigenvalue weighted by molar-refractivity contribution is 0.709. The van der Waals surface area contributed by atoms with Crippen molar-refractivity contribution in [1.29, 1.82) is 0 Å². The van der Waals surface area contributed by atoms with Gasteiger partial charge in [0, 0.05) is 21.1 Å². The molecule has 2 aromatic rings. The third-order valence-electron chi connectivity index (χ3n) is 3.25. The Bertz CT molecular complexity index is 580. The first-order valence-corrected chi connectivity index (χ1v) is 7.81. The number of hydrogen-bond donors (Lipinski definition) is 1. The van der Waals surface area contributed by atoms with Crippen molar-refractivity contribution in [1.82, 2.24) is 9.97 Å². The molecule has 0 aliphatic heterocycles. The van der Waals surface area contributed by atoms with Gasteiger partial charge in [-0.2, -0.15) is 0 Å². The van der Waals surface area contributed by atoms with Gasteiger partial charge in [0.15, 0.2) is 5.82 Å². The summed E-state index contributed by atoms with van der Waals surface area (Å²) < 4.78 is 1.07. The first kappa shape index (κ1) is 12.1. The van der Waals surface area contributed by atoms with Crippen LogP contribution >= 0.6 is 27.3 Å². The number of halogens is 1. The van der Waals surface area contributed by atoms with Crippen LogP contribution in [-0.2, 0) is 12.8 Å². The third kappa shape index (κ3) is 2.29. The lowest BCUT2D eigenvalue weighted by Gasteiger charge is -2.09. The van der Waals surface area contributed by atoms with E-state index in [1.54, 1.807) is 11.3 Å². The highest BCUT2D eigenvalue weighted by Gasteiger charge is 2.16. The molecule has 0 unspecified atom stereocenters. The maximum Gasteiger partial charge on any atom is 0.171 e. The number of aryl methyl sites for hydroxylation is 1. The zero-order valence-electron chi connectivity index (χ0n) is 9.95. The summed E-state index contributed by atoms with van der Waals surface area (Å²) in [6, 6.07) is 2.04. The Labute approximate surface area is 119 Å². The van der Waals surface area contributed by atoms with Crippen LogP contribution in [-0.4, -0.2) is 9.97 Å². The van der Waals surface area contributed by atoms with Crippen molar-refractivity contribution in [3.8, 4) is 10.7 Å². The first-order chi connectivity index (χ1) is 8.74. The summed E-state index contributed by atoms with van der Waals surface area (Å²) in [7, 11) is 0. The van der Waals surface area contributed by atoms with E-state index >= 15 is 0 Å². The SMILES string of the molecule is Nc1nc(-c2cc(Br)cs2)nc2c1CCCCC2. The van der Waals surface area contributed by atoms with Crippen LogP contribution in [0.25, 0.3) is 10.7 Å². The van der Waals surface area contributed by atoms with Crippen LogP contribution in [0.3, 0.4) is 0 Å². The number of hydrogen-bond acceptors (Lipinski definition) is 4. The molecule has 0 bridgehead atoms. The second-order valence-corrected chi connectivity index (χ2v) is 6.37.